The summed E-state index contributed by atoms with van der Waals surface area (Å²) in [5.41, 5.74) is 2.57. The van der Waals surface area contributed by atoms with E-state index < -0.39 is 0 Å². The molecule has 0 aliphatic carbocycles. The fourth-order valence-corrected chi connectivity index (χ4v) is 3.74. The summed E-state index contributed by atoms with van der Waals surface area (Å²) in [5, 5.41) is 7.04. The van der Waals surface area contributed by atoms with E-state index in [4.69, 9.17) is 4.74 Å². The second-order valence-corrected chi connectivity index (χ2v) is 8.41. The van der Waals surface area contributed by atoms with Crippen LogP contribution in [0.15, 0.2) is 59.6 Å². The predicted octanol–water partition coefficient (Wildman–Crippen LogP) is 3.57. The number of ether oxygens (including phenoxy) is 1. The topological polar surface area (TPSA) is 52.1 Å². The monoisotopic (exact) mass is 551 g/mol. The first-order valence-corrected chi connectivity index (χ1v) is 11.2. The van der Waals surface area contributed by atoms with Crippen LogP contribution in [-0.2, 0) is 13.1 Å². The van der Waals surface area contributed by atoms with Crippen LogP contribution in [0, 0.1) is 0 Å². The van der Waals surface area contributed by atoms with Crippen LogP contribution in [0.4, 0.5) is 0 Å². The Morgan fingerprint density at radius 3 is 2.47 bits per heavy atom. The third-order valence-electron chi connectivity index (χ3n) is 5.57. The van der Waals surface area contributed by atoms with Crippen molar-refractivity contribution in [3.8, 4) is 5.75 Å². The van der Waals surface area contributed by atoms with Gasteiger partial charge in [-0.15, -0.1) is 24.0 Å². The van der Waals surface area contributed by atoms with Crippen LogP contribution < -0.4 is 15.4 Å². The van der Waals surface area contributed by atoms with Gasteiger partial charge in [0.2, 0.25) is 0 Å². The van der Waals surface area contributed by atoms with E-state index in [1.807, 2.05) is 19.2 Å². The van der Waals surface area contributed by atoms with Gasteiger partial charge >= 0.3 is 0 Å². The number of hydrogen-bond acceptors (Lipinski definition) is 4. The zero-order valence-electron chi connectivity index (χ0n) is 19.6. The number of likely N-dealkylation sites (tertiary alicyclic amines) is 1. The molecule has 1 fully saturated rings. The van der Waals surface area contributed by atoms with Gasteiger partial charge in [0.05, 0.1) is 0 Å². The average molecular weight is 552 g/mol. The zero-order chi connectivity index (χ0) is 21.9. The van der Waals surface area contributed by atoms with Crippen molar-refractivity contribution in [3.05, 3.63) is 65.7 Å². The second kappa shape index (κ2) is 14.3. The highest BCUT2D eigenvalue weighted by Gasteiger charge is 2.20. The van der Waals surface area contributed by atoms with Gasteiger partial charge in [-0.2, -0.15) is 0 Å². The van der Waals surface area contributed by atoms with Crippen molar-refractivity contribution in [2.45, 2.75) is 32.0 Å². The molecule has 0 aromatic heterocycles. The molecule has 0 saturated carbocycles. The summed E-state index contributed by atoms with van der Waals surface area (Å²) >= 11 is 0. The van der Waals surface area contributed by atoms with Crippen molar-refractivity contribution in [2.24, 2.45) is 4.99 Å². The summed E-state index contributed by atoms with van der Waals surface area (Å²) in [6.07, 6.45) is 2.26. The van der Waals surface area contributed by atoms with Gasteiger partial charge in [-0.05, 0) is 50.2 Å². The Bertz CT molecular complexity index is 807. The van der Waals surface area contributed by atoms with Crippen molar-refractivity contribution in [2.75, 3.05) is 47.4 Å². The van der Waals surface area contributed by atoms with Crippen LogP contribution in [0.1, 0.15) is 24.0 Å². The van der Waals surface area contributed by atoms with Gasteiger partial charge in [-0.1, -0.05) is 42.5 Å². The molecular weight excluding hydrogens is 513 g/mol. The van der Waals surface area contributed by atoms with Crippen LogP contribution in [-0.4, -0.2) is 69.2 Å². The number of piperidine rings is 1. The molecule has 176 valence electrons. The first-order chi connectivity index (χ1) is 15.1. The lowest BCUT2D eigenvalue weighted by Gasteiger charge is -2.33. The van der Waals surface area contributed by atoms with Crippen LogP contribution in [0.5, 0.6) is 5.75 Å². The molecule has 0 unspecified atom stereocenters. The summed E-state index contributed by atoms with van der Waals surface area (Å²) in [7, 11) is 5.94. The molecule has 6 nitrogen and oxygen atoms in total. The molecule has 2 aromatic carbocycles. The molecule has 0 atom stereocenters. The number of hydrogen-bond donors (Lipinski definition) is 2. The fraction of sp³-hybridized carbons (Fsp3) is 0.480. The number of guanidine groups is 1. The third kappa shape index (κ3) is 9.34. The Labute approximate surface area is 210 Å². The van der Waals surface area contributed by atoms with Gasteiger partial charge in [-0.25, -0.2) is 0 Å². The Morgan fingerprint density at radius 2 is 1.78 bits per heavy atom. The zero-order valence-corrected chi connectivity index (χ0v) is 21.9. The van der Waals surface area contributed by atoms with E-state index in [9.17, 15) is 0 Å². The van der Waals surface area contributed by atoms with Gasteiger partial charge in [0.1, 0.15) is 12.4 Å². The lowest BCUT2D eigenvalue weighted by atomic mass is 10.0. The molecule has 0 amide bonds. The van der Waals surface area contributed by atoms with E-state index in [0.717, 1.165) is 57.3 Å². The maximum atomic E-state index is 5.84. The van der Waals surface area contributed by atoms with E-state index >= 15 is 0 Å². The molecule has 1 heterocycles. The van der Waals surface area contributed by atoms with Crippen LogP contribution in [0.2, 0.25) is 0 Å². The van der Waals surface area contributed by atoms with E-state index in [2.05, 4.69) is 82.0 Å². The lowest BCUT2D eigenvalue weighted by molar-refractivity contribution is 0.198. The lowest BCUT2D eigenvalue weighted by Crippen LogP contribution is -2.48. The second-order valence-electron chi connectivity index (χ2n) is 8.41. The molecular formula is C25H38IN5O. The van der Waals surface area contributed by atoms with Crippen molar-refractivity contribution < 1.29 is 4.74 Å². The van der Waals surface area contributed by atoms with Crippen molar-refractivity contribution in [1.29, 1.82) is 0 Å². The highest BCUT2D eigenvalue weighted by Crippen LogP contribution is 2.15. The van der Waals surface area contributed by atoms with Gasteiger partial charge in [0, 0.05) is 45.8 Å². The molecule has 32 heavy (non-hydrogen) atoms. The number of aliphatic imine (C=N–C) groups is 1. The number of nitrogens with zero attached hydrogens (tertiary/aromatic N) is 3. The summed E-state index contributed by atoms with van der Waals surface area (Å²) in [6.45, 7) is 5.57. The molecule has 1 aliphatic rings. The maximum Gasteiger partial charge on any atom is 0.191 e. The summed E-state index contributed by atoms with van der Waals surface area (Å²) < 4.78 is 5.84. The molecule has 2 aromatic rings. The van der Waals surface area contributed by atoms with Gasteiger partial charge in [-0.3, -0.25) is 9.89 Å². The van der Waals surface area contributed by atoms with Crippen LogP contribution in [0.3, 0.4) is 0 Å². The van der Waals surface area contributed by atoms with E-state index in [-0.39, 0.29) is 24.0 Å². The van der Waals surface area contributed by atoms with E-state index in [1.165, 1.54) is 11.1 Å². The Morgan fingerprint density at radius 1 is 1.06 bits per heavy atom. The van der Waals surface area contributed by atoms with Gasteiger partial charge < -0.3 is 20.3 Å². The largest absolute Gasteiger partial charge is 0.492 e. The number of nitrogens with one attached hydrogen (secondary N) is 2. The van der Waals surface area contributed by atoms with E-state index in [0.29, 0.717) is 12.6 Å². The first kappa shape index (κ1) is 26.4. The van der Waals surface area contributed by atoms with Crippen LogP contribution >= 0.6 is 24.0 Å². The summed E-state index contributed by atoms with van der Waals surface area (Å²) in [4.78, 5) is 9.07. The average Bonchev–Trinajstić information content (AvgIpc) is 2.78. The number of rotatable bonds is 9. The van der Waals surface area contributed by atoms with Crippen molar-refractivity contribution >= 4 is 29.9 Å². The Balaban J connectivity index is 0.00000363. The minimum Gasteiger partial charge on any atom is -0.492 e. The SMILES string of the molecule is CN=C(NCc1cccc(OCCN(C)C)c1)NC1CCN(Cc2ccccc2)CC1.I. The fourth-order valence-electron chi connectivity index (χ4n) is 3.74. The first-order valence-electron chi connectivity index (χ1n) is 11.2. The maximum absolute atomic E-state index is 5.84. The quantitative estimate of drug-likeness (QED) is 0.284. The Hall–Kier alpha value is -1.84. The number of benzene rings is 2. The highest BCUT2D eigenvalue weighted by molar-refractivity contribution is 14.0. The van der Waals surface area contributed by atoms with Gasteiger partial charge in [0.25, 0.3) is 0 Å². The van der Waals surface area contributed by atoms with E-state index in [1.54, 1.807) is 0 Å². The van der Waals surface area contributed by atoms with Crippen molar-refractivity contribution in [1.82, 2.24) is 20.4 Å². The molecule has 0 spiro atoms. The number of likely N-dealkylation sites (N-methyl/N-ethyl adjacent to an activating group) is 1. The molecule has 3 rings (SSSR count). The third-order valence-corrected chi connectivity index (χ3v) is 5.57. The normalized spacial score (nSPS) is 15.3. The molecule has 0 bridgehead atoms. The predicted molar refractivity (Wildman–Crippen MR) is 144 cm³/mol. The van der Waals surface area contributed by atoms with Crippen LogP contribution in [0.25, 0.3) is 0 Å². The minimum atomic E-state index is 0. The molecule has 1 aliphatic heterocycles. The molecule has 7 heteroatoms. The smallest absolute Gasteiger partial charge is 0.191 e. The molecule has 1 saturated heterocycles. The summed E-state index contributed by atoms with van der Waals surface area (Å²) in [5.74, 6) is 1.77. The van der Waals surface area contributed by atoms with Gasteiger partial charge in [0.15, 0.2) is 5.96 Å². The number of halogens is 1. The molecule has 2 N–H and O–H groups in total. The Kier molecular flexibility index (Phi) is 11.8. The summed E-state index contributed by atoms with van der Waals surface area (Å²) in [6, 6.07) is 19.4. The van der Waals surface area contributed by atoms with Crippen molar-refractivity contribution in [3.63, 3.8) is 0 Å². The highest BCUT2D eigenvalue weighted by atomic mass is 127. The standard InChI is InChI=1S/C25H37N5O.HI/c1-26-25(27-19-22-10-7-11-24(18-22)31-17-16-29(2)3)28-23-12-14-30(15-13-23)20-21-8-5-4-6-9-21;/h4-11,18,23H,12-17,19-20H2,1-3H3,(H2,26,27,28);1H. The minimum absolute atomic E-state index is 0. The molecule has 0 radical (unpaired) electrons.